The van der Waals surface area contributed by atoms with Crippen LogP contribution in [-0.2, 0) is 9.53 Å². The molecule has 0 saturated carbocycles. The van der Waals surface area contributed by atoms with Gasteiger partial charge in [-0.3, -0.25) is 14.2 Å². The van der Waals surface area contributed by atoms with Gasteiger partial charge < -0.3 is 26.0 Å². The summed E-state index contributed by atoms with van der Waals surface area (Å²) >= 11 is 0. The van der Waals surface area contributed by atoms with Crippen molar-refractivity contribution in [2.75, 3.05) is 6.61 Å². The van der Waals surface area contributed by atoms with Crippen LogP contribution in [0.4, 0.5) is 5.82 Å². The molecule has 2 aliphatic heterocycles. The molecule has 0 aromatic carbocycles. The van der Waals surface area contributed by atoms with Crippen LogP contribution in [0, 0.1) is 0 Å². The highest BCUT2D eigenvalue weighted by Crippen LogP contribution is 2.35. The topological polar surface area (TPSA) is 152 Å². The Balaban J connectivity index is 1.81. The van der Waals surface area contributed by atoms with Gasteiger partial charge in [-0.25, -0.2) is 9.98 Å². The summed E-state index contributed by atoms with van der Waals surface area (Å²) in [4.78, 5) is 32.3. The van der Waals surface area contributed by atoms with E-state index in [1.54, 1.807) is 0 Å². The van der Waals surface area contributed by atoms with Gasteiger partial charge in [0.1, 0.15) is 12.2 Å². The third-order valence-electron chi connectivity index (χ3n) is 4.60. The Labute approximate surface area is 150 Å². The molecule has 0 bridgehead atoms. The number of nitrogens with one attached hydrogen (secondary N) is 1. The molecule has 1 aromatic heterocycles. The van der Waals surface area contributed by atoms with E-state index in [-0.39, 0.29) is 23.7 Å². The Hall–Kier alpha value is -2.14. The average molecular weight is 365 g/mol. The SMILES string of the molecule is CCCC(N)C(=O)N[C@@H]1C(O)[C@H](n2cnc3c2N=CCC3=O)O[C@@H]1CO. The number of amides is 1. The standard InChI is InChI=1S/C16H23N5O5/c1-2-3-8(17)15(25)20-12-10(6-22)26-16(13(12)24)21-7-19-11-9(23)4-5-18-14(11)21/h5,7-8,10,12-13,16,22,24H,2-4,6,17H2,1H3,(H,20,25)/t8?,10-,12+,13?,16-/m1/s1. The second-order valence-electron chi connectivity index (χ2n) is 6.43. The fraction of sp³-hybridized carbons (Fsp3) is 0.625. The zero-order valence-corrected chi connectivity index (χ0v) is 14.4. The number of hydrogen-bond acceptors (Lipinski definition) is 8. The molecule has 10 heteroatoms. The molecule has 142 valence electrons. The smallest absolute Gasteiger partial charge is 0.237 e. The first-order valence-corrected chi connectivity index (χ1v) is 8.60. The molecule has 3 rings (SSSR count). The molecule has 5 N–H and O–H groups in total. The molecule has 2 unspecified atom stereocenters. The molecule has 0 radical (unpaired) electrons. The van der Waals surface area contributed by atoms with E-state index in [4.69, 9.17) is 10.5 Å². The van der Waals surface area contributed by atoms with Gasteiger partial charge in [-0.05, 0) is 6.42 Å². The van der Waals surface area contributed by atoms with Crippen molar-refractivity contribution >= 4 is 23.7 Å². The minimum Gasteiger partial charge on any atom is -0.394 e. The Morgan fingerprint density at radius 2 is 2.35 bits per heavy atom. The Morgan fingerprint density at radius 1 is 1.58 bits per heavy atom. The second-order valence-corrected chi connectivity index (χ2v) is 6.43. The number of hydrogen-bond donors (Lipinski definition) is 4. The van der Waals surface area contributed by atoms with E-state index in [1.165, 1.54) is 17.1 Å². The molecule has 3 heterocycles. The van der Waals surface area contributed by atoms with Crippen LogP contribution < -0.4 is 11.1 Å². The van der Waals surface area contributed by atoms with Crippen molar-refractivity contribution in [1.29, 1.82) is 0 Å². The minimum atomic E-state index is -1.17. The number of imidazole rings is 1. The van der Waals surface area contributed by atoms with Crippen molar-refractivity contribution in [3.8, 4) is 0 Å². The van der Waals surface area contributed by atoms with Crippen LogP contribution >= 0.6 is 0 Å². The lowest BCUT2D eigenvalue weighted by molar-refractivity contribution is -0.124. The summed E-state index contributed by atoms with van der Waals surface area (Å²) in [5.41, 5.74) is 6.01. The Morgan fingerprint density at radius 3 is 3.04 bits per heavy atom. The van der Waals surface area contributed by atoms with E-state index in [0.29, 0.717) is 6.42 Å². The number of nitrogens with two attached hydrogens (primary N) is 1. The van der Waals surface area contributed by atoms with Gasteiger partial charge in [-0.2, -0.15) is 0 Å². The summed E-state index contributed by atoms with van der Waals surface area (Å²) < 4.78 is 7.14. The van der Waals surface area contributed by atoms with Crippen molar-refractivity contribution in [3.63, 3.8) is 0 Å². The van der Waals surface area contributed by atoms with Gasteiger partial charge >= 0.3 is 0 Å². The largest absolute Gasteiger partial charge is 0.394 e. The first-order valence-electron chi connectivity index (χ1n) is 8.60. The molecular weight excluding hydrogens is 342 g/mol. The molecule has 0 aliphatic carbocycles. The molecule has 26 heavy (non-hydrogen) atoms. The highest BCUT2D eigenvalue weighted by Gasteiger charge is 2.46. The molecule has 1 fully saturated rings. The number of nitrogens with zero attached hydrogens (tertiary/aromatic N) is 3. The summed E-state index contributed by atoms with van der Waals surface area (Å²) in [6.45, 7) is 1.51. The summed E-state index contributed by atoms with van der Waals surface area (Å²) in [5.74, 6) is -0.300. The van der Waals surface area contributed by atoms with Crippen LogP contribution in [0.3, 0.4) is 0 Å². The molecule has 2 aliphatic rings. The Kier molecular flexibility index (Phi) is 5.47. The molecule has 1 saturated heterocycles. The molecule has 1 amide bonds. The number of carbonyl (C=O) groups excluding carboxylic acids is 2. The van der Waals surface area contributed by atoms with Gasteiger partial charge in [0, 0.05) is 12.6 Å². The van der Waals surface area contributed by atoms with E-state index < -0.39 is 43.0 Å². The van der Waals surface area contributed by atoms with Crippen molar-refractivity contribution in [1.82, 2.24) is 14.9 Å². The summed E-state index contributed by atoms with van der Waals surface area (Å²) in [6, 6.07) is -1.55. The summed E-state index contributed by atoms with van der Waals surface area (Å²) in [7, 11) is 0. The number of aliphatic imine (C=N–C) groups is 1. The van der Waals surface area contributed by atoms with Gasteiger partial charge in [-0.15, -0.1) is 0 Å². The van der Waals surface area contributed by atoms with Crippen LogP contribution in [0.2, 0.25) is 0 Å². The van der Waals surface area contributed by atoms with Gasteiger partial charge in [0.15, 0.2) is 23.5 Å². The van der Waals surface area contributed by atoms with Crippen molar-refractivity contribution in [2.24, 2.45) is 10.7 Å². The zero-order valence-electron chi connectivity index (χ0n) is 14.4. The maximum absolute atomic E-state index is 12.2. The van der Waals surface area contributed by atoms with E-state index in [1.807, 2.05) is 6.92 Å². The monoisotopic (exact) mass is 365 g/mol. The van der Waals surface area contributed by atoms with E-state index >= 15 is 0 Å². The fourth-order valence-electron chi connectivity index (χ4n) is 3.20. The van der Waals surface area contributed by atoms with Crippen LogP contribution in [0.1, 0.15) is 42.9 Å². The molecule has 0 spiro atoms. The van der Waals surface area contributed by atoms with Crippen molar-refractivity contribution < 1.29 is 24.5 Å². The predicted molar refractivity (Wildman–Crippen MR) is 91.1 cm³/mol. The number of fused-ring (bicyclic) bond motifs is 1. The maximum atomic E-state index is 12.2. The number of ketones is 1. The number of aliphatic hydroxyl groups is 2. The average Bonchev–Trinajstić information content (AvgIpc) is 3.18. The number of rotatable bonds is 6. The normalized spacial score (nSPS) is 28.8. The van der Waals surface area contributed by atoms with E-state index in [0.717, 1.165) is 6.42 Å². The summed E-state index contributed by atoms with van der Waals surface area (Å²) in [5, 5.41) is 22.9. The number of aromatic nitrogens is 2. The van der Waals surface area contributed by atoms with Crippen LogP contribution in [-0.4, -0.2) is 68.6 Å². The number of carbonyl (C=O) groups is 2. The van der Waals surface area contributed by atoms with Crippen LogP contribution in [0.5, 0.6) is 0 Å². The predicted octanol–water partition coefficient (Wildman–Crippen LogP) is -0.965. The fourth-order valence-corrected chi connectivity index (χ4v) is 3.20. The second kappa shape index (κ2) is 7.62. The zero-order chi connectivity index (χ0) is 18.8. The van der Waals surface area contributed by atoms with Crippen LogP contribution in [0.15, 0.2) is 11.3 Å². The van der Waals surface area contributed by atoms with Gasteiger partial charge in [0.05, 0.1) is 25.0 Å². The highest BCUT2D eigenvalue weighted by atomic mass is 16.5. The maximum Gasteiger partial charge on any atom is 0.237 e. The van der Waals surface area contributed by atoms with Crippen molar-refractivity contribution in [3.05, 3.63) is 12.0 Å². The third kappa shape index (κ3) is 3.28. The lowest BCUT2D eigenvalue weighted by atomic mass is 10.1. The van der Waals surface area contributed by atoms with Crippen molar-refractivity contribution in [2.45, 2.75) is 56.7 Å². The van der Waals surface area contributed by atoms with Gasteiger partial charge in [0.25, 0.3) is 0 Å². The van der Waals surface area contributed by atoms with Gasteiger partial charge in [0.2, 0.25) is 5.91 Å². The van der Waals surface area contributed by atoms with Crippen LogP contribution in [0.25, 0.3) is 0 Å². The van der Waals surface area contributed by atoms with E-state index in [9.17, 15) is 19.8 Å². The Bertz CT molecular complexity index is 718. The molecular formula is C16H23N5O5. The minimum absolute atomic E-state index is 0.171. The highest BCUT2D eigenvalue weighted by molar-refractivity contribution is 6.08. The number of ether oxygens (including phenoxy) is 1. The lowest BCUT2D eigenvalue weighted by Crippen LogP contribution is -2.53. The number of Topliss-reactive ketones (excluding diaryl/α,β-unsaturated/α-hetero) is 1. The quantitative estimate of drug-likeness (QED) is 0.506. The molecule has 5 atom stereocenters. The lowest BCUT2D eigenvalue weighted by Gasteiger charge is -2.23. The first-order chi connectivity index (χ1) is 12.5. The molecule has 1 aromatic rings. The molecule has 10 nitrogen and oxygen atoms in total. The summed E-state index contributed by atoms with van der Waals surface area (Å²) in [6.07, 6.45) is 1.32. The first kappa shape index (κ1) is 18.6. The number of aliphatic hydroxyl groups excluding tert-OH is 2. The van der Waals surface area contributed by atoms with E-state index in [2.05, 4.69) is 15.3 Å². The third-order valence-corrected chi connectivity index (χ3v) is 4.60. The van der Waals surface area contributed by atoms with Gasteiger partial charge in [-0.1, -0.05) is 13.3 Å².